The zero-order valence-corrected chi connectivity index (χ0v) is 28.6. The van der Waals surface area contributed by atoms with Crippen molar-refractivity contribution in [1.82, 2.24) is 14.8 Å². The Morgan fingerprint density at radius 3 is 1.94 bits per heavy atom. The van der Waals surface area contributed by atoms with E-state index >= 15 is 0 Å². The molecule has 1 fully saturated rings. The summed E-state index contributed by atoms with van der Waals surface area (Å²) in [5.74, 6) is -3.91. The molecule has 0 atom stereocenters. The molecular formula is C36H42Cl2F2N4O8. The largest absolute Gasteiger partial charge is 0.502 e. The Bertz CT molecular complexity index is 1920. The summed E-state index contributed by atoms with van der Waals surface area (Å²) in [5.41, 5.74) is 6.64. The van der Waals surface area contributed by atoms with Gasteiger partial charge in [-0.3, -0.25) is 14.4 Å². The summed E-state index contributed by atoms with van der Waals surface area (Å²) in [5, 5.41) is 10.1. The second kappa shape index (κ2) is 19.0. The number of nitrogens with zero attached hydrogens (tertiary/aromatic N) is 2. The summed E-state index contributed by atoms with van der Waals surface area (Å²) < 4.78 is 36.2. The standard InChI is InChI=1S/C18H16ClFN2O5.C16H18ClFN2O3.2CH4/c1-2-27-18(26)14-10-5-6-22(8-9-3-4-12(20)11(19)7-9)17(25)13(10)15(23)16(24)21-14;1-2-23-16(22)15(19)11-5-6-20(14(21)8-11)9-10-3-4-13(18)12(17)7-10;;/h3-4,7,23H,2,5-6,8H2,1H3,(H,21,24);3-4,7H,2,5-6,8-9,19H2,1H3;2*1H4/b;15-11-;;. The molecule has 0 aliphatic carbocycles. The van der Waals surface area contributed by atoms with E-state index in [4.69, 9.17) is 38.4 Å². The first-order chi connectivity index (χ1) is 23.7. The van der Waals surface area contributed by atoms with Crippen molar-refractivity contribution >= 4 is 47.0 Å². The first kappa shape index (κ1) is 43.2. The van der Waals surface area contributed by atoms with Crippen molar-refractivity contribution < 1.29 is 42.5 Å². The molecule has 5 rings (SSSR count). The van der Waals surface area contributed by atoms with Gasteiger partial charge in [0, 0.05) is 31.7 Å². The van der Waals surface area contributed by atoms with Crippen LogP contribution in [-0.2, 0) is 38.6 Å². The van der Waals surface area contributed by atoms with Crippen LogP contribution in [0, 0.1) is 11.6 Å². The van der Waals surface area contributed by atoms with Gasteiger partial charge in [-0.05, 0) is 67.7 Å². The molecule has 1 saturated heterocycles. The highest BCUT2D eigenvalue weighted by atomic mass is 35.5. The van der Waals surface area contributed by atoms with Crippen LogP contribution in [-0.4, -0.2) is 69.9 Å². The number of hydrogen-bond acceptors (Lipinski definition) is 9. The number of hydrogen-bond donors (Lipinski definition) is 3. The molecule has 12 nitrogen and oxygen atoms in total. The smallest absolute Gasteiger partial charge is 0.355 e. The first-order valence-corrected chi connectivity index (χ1v) is 16.3. The number of pyridine rings is 1. The maximum Gasteiger partial charge on any atom is 0.355 e. The number of esters is 2. The molecule has 52 heavy (non-hydrogen) atoms. The van der Waals surface area contributed by atoms with E-state index < -0.39 is 40.8 Å². The van der Waals surface area contributed by atoms with E-state index in [0.717, 1.165) is 5.56 Å². The van der Waals surface area contributed by atoms with Crippen molar-refractivity contribution in [3.63, 3.8) is 0 Å². The summed E-state index contributed by atoms with van der Waals surface area (Å²) in [4.78, 5) is 66.0. The average molecular weight is 768 g/mol. The van der Waals surface area contributed by atoms with Gasteiger partial charge in [-0.15, -0.1) is 0 Å². The lowest BCUT2D eigenvalue weighted by Gasteiger charge is -2.29. The lowest BCUT2D eigenvalue weighted by molar-refractivity contribution is -0.138. The van der Waals surface area contributed by atoms with Crippen LogP contribution in [0.4, 0.5) is 8.78 Å². The molecule has 2 amide bonds. The number of nitrogens with one attached hydrogen (secondary N) is 1. The molecule has 16 heteroatoms. The molecule has 3 aromatic rings. The summed E-state index contributed by atoms with van der Waals surface area (Å²) in [6.07, 6.45) is 0.819. The number of aromatic nitrogens is 1. The van der Waals surface area contributed by atoms with Gasteiger partial charge in [-0.2, -0.15) is 0 Å². The van der Waals surface area contributed by atoms with E-state index in [1.54, 1.807) is 24.8 Å². The number of likely N-dealkylation sites (tertiary alicyclic amines) is 1. The van der Waals surface area contributed by atoms with Gasteiger partial charge in [0.2, 0.25) is 5.91 Å². The second-order valence-electron chi connectivity index (χ2n) is 11.2. The van der Waals surface area contributed by atoms with E-state index in [1.165, 1.54) is 35.2 Å². The minimum absolute atomic E-state index is 0. The summed E-state index contributed by atoms with van der Waals surface area (Å²) in [6, 6.07) is 8.46. The van der Waals surface area contributed by atoms with E-state index in [0.29, 0.717) is 30.6 Å². The normalized spacial score (nSPS) is 14.6. The Morgan fingerprint density at radius 2 is 1.42 bits per heavy atom. The molecular weight excluding hydrogens is 725 g/mol. The number of rotatable bonds is 8. The molecule has 0 radical (unpaired) electrons. The molecule has 2 aromatic carbocycles. The van der Waals surface area contributed by atoms with Crippen LogP contribution in [0.2, 0.25) is 10.0 Å². The predicted octanol–water partition coefficient (Wildman–Crippen LogP) is 5.90. The van der Waals surface area contributed by atoms with Crippen LogP contribution in [0.5, 0.6) is 5.75 Å². The molecule has 4 N–H and O–H groups in total. The van der Waals surface area contributed by atoms with E-state index in [9.17, 15) is 37.9 Å². The molecule has 0 saturated carbocycles. The lowest BCUT2D eigenvalue weighted by Crippen LogP contribution is -2.39. The van der Waals surface area contributed by atoms with E-state index in [1.807, 2.05) is 0 Å². The molecule has 0 bridgehead atoms. The highest BCUT2D eigenvalue weighted by Crippen LogP contribution is 2.29. The van der Waals surface area contributed by atoms with Crippen LogP contribution in [0.3, 0.4) is 0 Å². The van der Waals surface area contributed by atoms with E-state index in [2.05, 4.69) is 4.98 Å². The number of carbonyl (C=O) groups excluding carboxylic acids is 4. The van der Waals surface area contributed by atoms with Crippen molar-refractivity contribution in [2.24, 2.45) is 5.73 Å². The quantitative estimate of drug-likeness (QED) is 0.187. The van der Waals surface area contributed by atoms with Crippen LogP contribution in [0.25, 0.3) is 0 Å². The number of amides is 2. The van der Waals surface area contributed by atoms with Crippen molar-refractivity contribution in [3.8, 4) is 5.75 Å². The van der Waals surface area contributed by atoms with Gasteiger partial charge in [-0.25, -0.2) is 18.4 Å². The van der Waals surface area contributed by atoms with Crippen LogP contribution < -0.4 is 11.3 Å². The third-order valence-corrected chi connectivity index (χ3v) is 8.48. The number of carbonyl (C=O) groups is 4. The maximum atomic E-state index is 13.3. The Kier molecular flexibility index (Phi) is 15.8. The van der Waals surface area contributed by atoms with Crippen LogP contribution in [0.15, 0.2) is 52.5 Å². The Morgan fingerprint density at radius 1 is 0.885 bits per heavy atom. The molecule has 2 aliphatic heterocycles. The van der Waals surface area contributed by atoms with Gasteiger partial charge in [0.25, 0.3) is 11.5 Å². The number of benzene rings is 2. The number of piperidine rings is 1. The average Bonchev–Trinajstić information content (AvgIpc) is 3.08. The minimum atomic E-state index is -0.947. The number of aromatic hydroxyl groups is 1. The number of aromatic amines is 1. The third-order valence-electron chi connectivity index (χ3n) is 7.90. The number of halogens is 4. The zero-order chi connectivity index (χ0) is 36.7. The number of ether oxygens (including phenoxy) is 2. The number of H-pyrrole nitrogens is 1. The molecule has 0 unspecified atom stereocenters. The summed E-state index contributed by atoms with van der Waals surface area (Å²) in [6.45, 7) is 4.76. The van der Waals surface area contributed by atoms with Crippen molar-refractivity contribution in [1.29, 1.82) is 0 Å². The zero-order valence-electron chi connectivity index (χ0n) is 27.1. The fourth-order valence-corrected chi connectivity index (χ4v) is 5.80. The van der Waals surface area contributed by atoms with Gasteiger partial charge in [0.1, 0.15) is 23.0 Å². The topological polar surface area (TPSA) is 172 Å². The summed E-state index contributed by atoms with van der Waals surface area (Å²) >= 11 is 11.5. The van der Waals surface area contributed by atoms with Crippen molar-refractivity contribution in [2.75, 3.05) is 26.3 Å². The molecule has 1 aromatic heterocycles. The fourth-order valence-electron chi connectivity index (χ4n) is 5.39. The monoisotopic (exact) mass is 766 g/mol. The summed E-state index contributed by atoms with van der Waals surface area (Å²) in [7, 11) is 0. The third kappa shape index (κ3) is 10.1. The van der Waals surface area contributed by atoms with Gasteiger partial charge < -0.3 is 35.1 Å². The van der Waals surface area contributed by atoms with Gasteiger partial charge in [-0.1, -0.05) is 50.2 Å². The van der Waals surface area contributed by atoms with Gasteiger partial charge >= 0.3 is 11.9 Å². The fraction of sp³-hybridized carbons (Fsp3) is 0.361. The molecule has 2 aliphatic rings. The number of nitrogens with two attached hydrogens (primary N) is 1. The Balaban J connectivity index is 0.000000351. The maximum absolute atomic E-state index is 13.3. The predicted molar refractivity (Wildman–Crippen MR) is 192 cm³/mol. The van der Waals surface area contributed by atoms with Gasteiger partial charge in [0.15, 0.2) is 5.75 Å². The Hall–Kier alpha value is -4.95. The SMILES string of the molecule is C.C.CCOC(=O)/C(N)=C1\CCN(Cc2ccc(F)c(Cl)c2)C(=O)C1.CCOC(=O)c1[nH]c(=O)c(O)c2c1CCN(Cc1ccc(F)c(Cl)c1)C2=O. The Labute approximate surface area is 310 Å². The van der Waals surface area contributed by atoms with Crippen molar-refractivity contribution in [3.05, 3.63) is 108 Å². The second-order valence-corrected chi connectivity index (χ2v) is 12.0. The van der Waals surface area contributed by atoms with Crippen molar-refractivity contribution in [2.45, 2.75) is 61.1 Å². The number of fused-ring (bicyclic) bond motifs is 1. The van der Waals surface area contributed by atoms with Crippen LogP contribution >= 0.6 is 23.2 Å². The highest BCUT2D eigenvalue weighted by Gasteiger charge is 2.33. The minimum Gasteiger partial charge on any atom is -0.502 e. The molecule has 0 spiro atoms. The molecule has 3 heterocycles. The first-order valence-electron chi connectivity index (χ1n) is 15.5. The van der Waals surface area contributed by atoms with Gasteiger partial charge in [0.05, 0.1) is 35.2 Å². The highest BCUT2D eigenvalue weighted by molar-refractivity contribution is 6.31. The lowest BCUT2D eigenvalue weighted by atomic mass is 9.96. The van der Waals surface area contributed by atoms with Crippen LogP contribution in [0.1, 0.15) is 79.1 Å². The molecule has 282 valence electrons. The van der Waals surface area contributed by atoms with E-state index in [-0.39, 0.29) is 92.5 Å².